The fourth-order valence-electron chi connectivity index (χ4n) is 1.13. The van der Waals surface area contributed by atoms with Crippen LogP contribution in [0.5, 0.6) is 5.75 Å². The zero-order valence-electron chi connectivity index (χ0n) is 8.99. The first-order chi connectivity index (χ1) is 7.04. The van der Waals surface area contributed by atoms with Gasteiger partial charge in [0, 0.05) is 5.56 Å². The maximum absolute atomic E-state index is 8.61. The number of rotatable bonds is 3. The van der Waals surface area contributed by atoms with Gasteiger partial charge in [-0.3, -0.25) is 0 Å². The monoisotopic (exact) mass is 227 g/mol. The van der Waals surface area contributed by atoms with E-state index >= 15 is 0 Å². The van der Waals surface area contributed by atoms with E-state index in [2.05, 4.69) is 5.16 Å². The van der Waals surface area contributed by atoms with Crippen molar-refractivity contribution in [2.24, 2.45) is 5.16 Å². The van der Waals surface area contributed by atoms with Crippen molar-refractivity contribution in [1.82, 2.24) is 0 Å². The molecule has 15 heavy (non-hydrogen) atoms. The van der Waals surface area contributed by atoms with Gasteiger partial charge in [-0.05, 0) is 39.0 Å². The Kier molecular flexibility index (Phi) is 3.97. The molecule has 1 rings (SSSR count). The van der Waals surface area contributed by atoms with Gasteiger partial charge in [0.05, 0.1) is 16.8 Å². The maximum Gasteiger partial charge on any atom is 0.138 e. The molecule has 0 aliphatic carbocycles. The van der Waals surface area contributed by atoms with E-state index in [4.69, 9.17) is 21.5 Å². The zero-order chi connectivity index (χ0) is 11.4. The molecule has 0 unspecified atom stereocenters. The summed E-state index contributed by atoms with van der Waals surface area (Å²) < 4.78 is 5.48. The molecule has 1 N–H and O–H groups in total. The molecule has 0 saturated heterocycles. The van der Waals surface area contributed by atoms with E-state index in [-0.39, 0.29) is 6.10 Å². The molecule has 0 atom stereocenters. The molecule has 0 radical (unpaired) electrons. The van der Waals surface area contributed by atoms with Gasteiger partial charge in [-0.25, -0.2) is 0 Å². The highest BCUT2D eigenvalue weighted by Crippen LogP contribution is 2.26. The van der Waals surface area contributed by atoms with Gasteiger partial charge in [0.2, 0.25) is 0 Å². The Morgan fingerprint density at radius 3 is 2.60 bits per heavy atom. The van der Waals surface area contributed by atoms with E-state index in [1.807, 2.05) is 13.8 Å². The third-order valence-electron chi connectivity index (χ3n) is 1.86. The third kappa shape index (κ3) is 3.13. The summed E-state index contributed by atoms with van der Waals surface area (Å²) in [5.41, 5.74) is 1.30. The summed E-state index contributed by atoms with van der Waals surface area (Å²) in [4.78, 5) is 0. The van der Waals surface area contributed by atoms with Crippen molar-refractivity contribution in [1.29, 1.82) is 0 Å². The minimum Gasteiger partial charge on any atom is -0.489 e. The van der Waals surface area contributed by atoms with Gasteiger partial charge in [-0.2, -0.15) is 0 Å². The molecule has 0 bridgehead atoms. The SMILES string of the molecule is C/C(=N\O)c1ccc(OC(C)C)c(Cl)c1. The first-order valence-electron chi connectivity index (χ1n) is 4.70. The summed E-state index contributed by atoms with van der Waals surface area (Å²) in [7, 11) is 0. The van der Waals surface area contributed by atoms with Crippen LogP contribution in [0.2, 0.25) is 5.02 Å². The molecule has 0 saturated carbocycles. The lowest BCUT2D eigenvalue weighted by atomic mass is 10.1. The Morgan fingerprint density at radius 1 is 1.47 bits per heavy atom. The van der Waals surface area contributed by atoms with Crippen LogP contribution in [0.4, 0.5) is 0 Å². The van der Waals surface area contributed by atoms with Gasteiger partial charge < -0.3 is 9.94 Å². The van der Waals surface area contributed by atoms with Crippen LogP contribution in [0, 0.1) is 0 Å². The van der Waals surface area contributed by atoms with Gasteiger partial charge in [-0.1, -0.05) is 16.8 Å². The van der Waals surface area contributed by atoms with E-state index in [1.165, 1.54) is 0 Å². The van der Waals surface area contributed by atoms with Crippen molar-refractivity contribution < 1.29 is 9.94 Å². The predicted octanol–water partition coefficient (Wildman–Crippen LogP) is 3.33. The molecule has 0 spiro atoms. The number of ether oxygens (including phenoxy) is 1. The lowest BCUT2D eigenvalue weighted by molar-refractivity contribution is 0.242. The number of benzene rings is 1. The normalized spacial score (nSPS) is 11.9. The first kappa shape index (κ1) is 11.9. The molecule has 3 nitrogen and oxygen atoms in total. The highest BCUT2D eigenvalue weighted by molar-refractivity contribution is 6.32. The standard InChI is InChI=1S/C11H14ClNO2/c1-7(2)15-11-5-4-9(6-10(11)12)8(3)13-14/h4-7,14H,1-3H3/b13-8+. The van der Waals surface area contributed by atoms with E-state index in [0.717, 1.165) is 5.56 Å². The second-order valence-electron chi connectivity index (χ2n) is 3.50. The maximum atomic E-state index is 8.61. The molecular formula is C11H14ClNO2. The van der Waals surface area contributed by atoms with E-state index in [0.29, 0.717) is 16.5 Å². The predicted molar refractivity (Wildman–Crippen MR) is 61.2 cm³/mol. The Labute approximate surface area is 94.3 Å². The minimum absolute atomic E-state index is 0.0842. The smallest absolute Gasteiger partial charge is 0.138 e. The van der Waals surface area contributed by atoms with Crippen molar-refractivity contribution >= 4 is 17.3 Å². The van der Waals surface area contributed by atoms with Crippen LogP contribution < -0.4 is 4.74 Å². The zero-order valence-corrected chi connectivity index (χ0v) is 9.75. The number of nitrogens with zero attached hydrogens (tertiary/aromatic N) is 1. The second kappa shape index (κ2) is 5.03. The molecular weight excluding hydrogens is 214 g/mol. The Hall–Kier alpha value is -1.22. The Bertz CT molecular complexity index is 375. The number of halogens is 1. The van der Waals surface area contributed by atoms with Crippen molar-refractivity contribution in [3.8, 4) is 5.75 Å². The van der Waals surface area contributed by atoms with Gasteiger partial charge in [0.1, 0.15) is 5.75 Å². The fraction of sp³-hybridized carbons (Fsp3) is 0.364. The van der Waals surface area contributed by atoms with Gasteiger partial charge in [0.15, 0.2) is 0 Å². The molecule has 0 fully saturated rings. The summed E-state index contributed by atoms with van der Waals surface area (Å²) >= 11 is 6.01. The molecule has 1 aromatic rings. The molecule has 0 aliphatic rings. The van der Waals surface area contributed by atoms with E-state index < -0.39 is 0 Å². The number of hydrogen-bond acceptors (Lipinski definition) is 3. The molecule has 4 heteroatoms. The van der Waals surface area contributed by atoms with Crippen LogP contribution in [-0.4, -0.2) is 17.0 Å². The molecule has 82 valence electrons. The Balaban J connectivity index is 2.98. The van der Waals surface area contributed by atoms with Crippen LogP contribution in [0.1, 0.15) is 26.3 Å². The average Bonchev–Trinajstić information content (AvgIpc) is 2.19. The van der Waals surface area contributed by atoms with Crippen LogP contribution in [-0.2, 0) is 0 Å². The van der Waals surface area contributed by atoms with Crippen LogP contribution in [0.3, 0.4) is 0 Å². The van der Waals surface area contributed by atoms with E-state index in [1.54, 1.807) is 25.1 Å². The van der Waals surface area contributed by atoms with E-state index in [9.17, 15) is 0 Å². The van der Waals surface area contributed by atoms with Crippen LogP contribution in [0.15, 0.2) is 23.4 Å². The van der Waals surface area contributed by atoms with Gasteiger partial charge >= 0.3 is 0 Å². The van der Waals surface area contributed by atoms with Gasteiger partial charge in [-0.15, -0.1) is 0 Å². The molecule has 0 aromatic heterocycles. The molecule has 0 amide bonds. The van der Waals surface area contributed by atoms with Gasteiger partial charge in [0.25, 0.3) is 0 Å². The largest absolute Gasteiger partial charge is 0.489 e. The quantitative estimate of drug-likeness (QED) is 0.489. The van der Waals surface area contributed by atoms with Crippen LogP contribution >= 0.6 is 11.6 Å². The summed E-state index contributed by atoms with van der Waals surface area (Å²) in [6, 6.07) is 5.29. The van der Waals surface area contributed by atoms with Crippen molar-refractivity contribution in [3.05, 3.63) is 28.8 Å². The minimum atomic E-state index is 0.0842. The highest BCUT2D eigenvalue weighted by Gasteiger charge is 2.06. The average molecular weight is 228 g/mol. The van der Waals surface area contributed by atoms with Crippen molar-refractivity contribution in [2.45, 2.75) is 26.9 Å². The first-order valence-corrected chi connectivity index (χ1v) is 5.07. The van der Waals surface area contributed by atoms with Crippen molar-refractivity contribution in [2.75, 3.05) is 0 Å². The summed E-state index contributed by atoms with van der Waals surface area (Å²) in [5, 5.41) is 12.2. The van der Waals surface area contributed by atoms with Crippen molar-refractivity contribution in [3.63, 3.8) is 0 Å². The topological polar surface area (TPSA) is 41.8 Å². The summed E-state index contributed by atoms with van der Waals surface area (Å²) in [6.45, 7) is 5.57. The summed E-state index contributed by atoms with van der Waals surface area (Å²) in [5.74, 6) is 0.640. The fourth-order valence-corrected chi connectivity index (χ4v) is 1.36. The Morgan fingerprint density at radius 2 is 2.13 bits per heavy atom. The summed E-state index contributed by atoms with van der Waals surface area (Å²) in [6.07, 6.45) is 0.0842. The second-order valence-corrected chi connectivity index (χ2v) is 3.90. The molecule has 1 aromatic carbocycles. The molecule has 0 aliphatic heterocycles. The lowest BCUT2D eigenvalue weighted by Crippen LogP contribution is -2.06. The molecule has 0 heterocycles. The lowest BCUT2D eigenvalue weighted by Gasteiger charge is -2.11. The highest BCUT2D eigenvalue weighted by atomic mass is 35.5. The number of oxime groups is 1. The third-order valence-corrected chi connectivity index (χ3v) is 2.16. The van der Waals surface area contributed by atoms with Crippen LogP contribution in [0.25, 0.3) is 0 Å². The number of hydrogen-bond donors (Lipinski definition) is 1.